The fourth-order valence-corrected chi connectivity index (χ4v) is 2.57. The van der Waals surface area contributed by atoms with Crippen molar-refractivity contribution >= 4 is 5.91 Å². The molecule has 1 fully saturated rings. The third-order valence-corrected chi connectivity index (χ3v) is 4.07. The van der Waals surface area contributed by atoms with Crippen LogP contribution in [-0.2, 0) is 9.53 Å². The lowest BCUT2D eigenvalue weighted by atomic mass is 9.90. The predicted molar refractivity (Wildman–Crippen MR) is 76.9 cm³/mol. The van der Waals surface area contributed by atoms with Crippen molar-refractivity contribution in [1.82, 2.24) is 10.2 Å². The van der Waals surface area contributed by atoms with Crippen molar-refractivity contribution in [3.8, 4) is 0 Å². The van der Waals surface area contributed by atoms with E-state index in [1.54, 1.807) is 7.11 Å². The maximum absolute atomic E-state index is 12.0. The molecule has 1 saturated heterocycles. The van der Waals surface area contributed by atoms with Gasteiger partial charge in [-0.2, -0.15) is 0 Å². The van der Waals surface area contributed by atoms with Gasteiger partial charge < -0.3 is 15.8 Å². The zero-order valence-electron chi connectivity index (χ0n) is 12.5. The van der Waals surface area contributed by atoms with Gasteiger partial charge in [0.15, 0.2) is 0 Å². The highest BCUT2D eigenvalue weighted by Crippen LogP contribution is 2.20. The Morgan fingerprint density at radius 1 is 1.42 bits per heavy atom. The number of carbonyl (C=O) groups excluding carboxylic acids is 1. The number of hydrogen-bond acceptors (Lipinski definition) is 4. The molecule has 0 saturated carbocycles. The fraction of sp³-hybridized carbons (Fsp3) is 0.929. The molecule has 0 aromatic heterocycles. The number of nitrogens with two attached hydrogens (primary N) is 1. The molecule has 0 aromatic carbocycles. The minimum atomic E-state index is -0.0448. The summed E-state index contributed by atoms with van der Waals surface area (Å²) in [6.07, 6.45) is 3.06. The molecule has 5 heteroatoms. The molecule has 0 bridgehead atoms. The van der Waals surface area contributed by atoms with Crippen LogP contribution in [0, 0.1) is 5.92 Å². The molecule has 0 radical (unpaired) electrons. The van der Waals surface area contributed by atoms with Crippen molar-refractivity contribution in [3.63, 3.8) is 0 Å². The molecule has 3 N–H and O–H groups in total. The number of rotatable bonds is 7. The lowest BCUT2D eigenvalue weighted by Crippen LogP contribution is -2.49. The number of piperidine rings is 1. The van der Waals surface area contributed by atoms with Crippen molar-refractivity contribution in [3.05, 3.63) is 0 Å². The molecule has 19 heavy (non-hydrogen) atoms. The molecule has 112 valence electrons. The summed E-state index contributed by atoms with van der Waals surface area (Å²) in [5.74, 6) is 0.726. The summed E-state index contributed by atoms with van der Waals surface area (Å²) in [4.78, 5) is 14.3. The first-order valence-electron chi connectivity index (χ1n) is 7.32. The predicted octanol–water partition coefficient (Wildman–Crippen LogP) is 0.587. The van der Waals surface area contributed by atoms with Crippen LogP contribution >= 0.6 is 0 Å². The largest absolute Gasteiger partial charge is 0.385 e. The second-order valence-corrected chi connectivity index (χ2v) is 5.55. The van der Waals surface area contributed by atoms with E-state index in [-0.39, 0.29) is 18.0 Å². The van der Waals surface area contributed by atoms with Crippen molar-refractivity contribution < 1.29 is 9.53 Å². The van der Waals surface area contributed by atoms with E-state index in [1.807, 2.05) is 6.92 Å². The van der Waals surface area contributed by atoms with Crippen LogP contribution in [0.1, 0.15) is 33.1 Å². The fourth-order valence-electron chi connectivity index (χ4n) is 2.57. The van der Waals surface area contributed by atoms with E-state index >= 15 is 0 Å². The molecule has 0 spiro atoms. The maximum atomic E-state index is 12.0. The van der Waals surface area contributed by atoms with Gasteiger partial charge in [-0.15, -0.1) is 0 Å². The van der Waals surface area contributed by atoms with E-state index in [9.17, 15) is 4.79 Å². The summed E-state index contributed by atoms with van der Waals surface area (Å²) in [6, 6.07) is 0.219. The van der Waals surface area contributed by atoms with Crippen molar-refractivity contribution in [2.75, 3.05) is 33.4 Å². The minimum Gasteiger partial charge on any atom is -0.385 e. The summed E-state index contributed by atoms with van der Waals surface area (Å²) < 4.78 is 4.96. The summed E-state index contributed by atoms with van der Waals surface area (Å²) in [5.41, 5.74) is 5.93. The van der Waals surface area contributed by atoms with Gasteiger partial charge in [0.1, 0.15) is 0 Å². The zero-order valence-corrected chi connectivity index (χ0v) is 12.5. The lowest BCUT2D eigenvalue weighted by molar-refractivity contribution is -0.126. The quantitative estimate of drug-likeness (QED) is 0.665. The van der Waals surface area contributed by atoms with Gasteiger partial charge in [0, 0.05) is 26.3 Å². The highest BCUT2D eigenvalue weighted by atomic mass is 16.5. The highest BCUT2D eigenvalue weighted by Gasteiger charge is 2.27. The molecule has 1 heterocycles. The first-order valence-corrected chi connectivity index (χ1v) is 7.32. The molecular formula is C14H29N3O2. The third kappa shape index (κ3) is 5.47. The van der Waals surface area contributed by atoms with E-state index in [0.717, 1.165) is 32.4 Å². The molecule has 0 aromatic rings. The van der Waals surface area contributed by atoms with Gasteiger partial charge in [-0.3, -0.25) is 9.69 Å². The van der Waals surface area contributed by atoms with Gasteiger partial charge in [-0.25, -0.2) is 0 Å². The second-order valence-electron chi connectivity index (χ2n) is 5.55. The van der Waals surface area contributed by atoms with E-state index in [1.165, 1.54) is 0 Å². The third-order valence-electron chi connectivity index (χ3n) is 4.07. The molecule has 1 amide bonds. The molecule has 1 rings (SSSR count). The van der Waals surface area contributed by atoms with Gasteiger partial charge in [-0.1, -0.05) is 0 Å². The van der Waals surface area contributed by atoms with Gasteiger partial charge in [-0.05, 0) is 52.1 Å². The number of ether oxygens (including phenoxy) is 1. The Morgan fingerprint density at radius 3 is 2.58 bits per heavy atom. The molecule has 1 aliphatic heterocycles. The Labute approximate surface area is 116 Å². The van der Waals surface area contributed by atoms with Crippen molar-refractivity contribution in [2.45, 2.75) is 45.2 Å². The number of nitrogens with one attached hydrogen (secondary N) is 1. The number of likely N-dealkylation sites (tertiary alicyclic amines) is 1. The van der Waals surface area contributed by atoms with E-state index in [0.29, 0.717) is 19.1 Å². The second kappa shape index (κ2) is 8.51. The van der Waals surface area contributed by atoms with E-state index < -0.39 is 0 Å². The first-order chi connectivity index (χ1) is 9.06. The molecule has 0 aliphatic carbocycles. The van der Waals surface area contributed by atoms with Crippen LogP contribution in [0.3, 0.4) is 0 Å². The van der Waals surface area contributed by atoms with Gasteiger partial charge in [0.05, 0.1) is 6.04 Å². The Hall–Kier alpha value is -0.650. The SMILES string of the molecule is COCCCNC(=O)C(C)N1CCC(C(C)N)CC1. The van der Waals surface area contributed by atoms with E-state index in [4.69, 9.17) is 10.5 Å². The van der Waals surface area contributed by atoms with Gasteiger partial charge in [0.25, 0.3) is 0 Å². The van der Waals surface area contributed by atoms with Crippen LogP contribution in [0.4, 0.5) is 0 Å². The highest BCUT2D eigenvalue weighted by molar-refractivity contribution is 5.81. The first kappa shape index (κ1) is 16.4. The average Bonchev–Trinajstić information content (AvgIpc) is 2.42. The summed E-state index contributed by atoms with van der Waals surface area (Å²) in [7, 11) is 1.67. The summed E-state index contributed by atoms with van der Waals surface area (Å²) in [6.45, 7) is 7.38. The lowest BCUT2D eigenvalue weighted by Gasteiger charge is -2.36. The normalized spacial score (nSPS) is 21.1. The maximum Gasteiger partial charge on any atom is 0.237 e. The van der Waals surface area contributed by atoms with E-state index in [2.05, 4.69) is 17.1 Å². The smallest absolute Gasteiger partial charge is 0.237 e. The van der Waals surface area contributed by atoms with Crippen LogP contribution in [0.2, 0.25) is 0 Å². The zero-order chi connectivity index (χ0) is 14.3. The van der Waals surface area contributed by atoms with Gasteiger partial charge >= 0.3 is 0 Å². The molecule has 5 nitrogen and oxygen atoms in total. The van der Waals surface area contributed by atoms with Gasteiger partial charge in [0.2, 0.25) is 5.91 Å². The molecule has 1 aliphatic rings. The van der Waals surface area contributed by atoms with Crippen LogP contribution in [0.15, 0.2) is 0 Å². The number of methoxy groups -OCH3 is 1. The Kier molecular flexibility index (Phi) is 7.34. The number of amides is 1. The number of hydrogen-bond donors (Lipinski definition) is 2. The Morgan fingerprint density at radius 2 is 2.05 bits per heavy atom. The summed E-state index contributed by atoms with van der Waals surface area (Å²) >= 11 is 0. The Bertz CT molecular complexity index is 263. The van der Waals surface area contributed by atoms with Crippen LogP contribution in [0.5, 0.6) is 0 Å². The van der Waals surface area contributed by atoms with Crippen LogP contribution in [0.25, 0.3) is 0 Å². The van der Waals surface area contributed by atoms with Crippen LogP contribution < -0.4 is 11.1 Å². The molecule has 2 atom stereocenters. The topological polar surface area (TPSA) is 67.6 Å². The molecular weight excluding hydrogens is 242 g/mol. The average molecular weight is 271 g/mol. The van der Waals surface area contributed by atoms with Crippen LogP contribution in [-0.4, -0.2) is 56.2 Å². The monoisotopic (exact) mass is 271 g/mol. The number of carbonyl (C=O) groups is 1. The Balaban J connectivity index is 2.26. The minimum absolute atomic E-state index is 0.0448. The number of nitrogens with zero attached hydrogens (tertiary/aromatic N) is 1. The molecule has 2 unspecified atom stereocenters. The summed E-state index contributed by atoms with van der Waals surface area (Å²) in [5, 5.41) is 2.96. The van der Waals surface area contributed by atoms with Crippen molar-refractivity contribution in [1.29, 1.82) is 0 Å². The standard InChI is InChI=1S/C14H29N3O2/c1-11(15)13-5-8-17(9-6-13)12(2)14(18)16-7-4-10-19-3/h11-13H,4-10,15H2,1-3H3,(H,16,18). The van der Waals surface area contributed by atoms with Crippen molar-refractivity contribution in [2.24, 2.45) is 11.7 Å².